The lowest BCUT2D eigenvalue weighted by Crippen LogP contribution is -2.36. The average Bonchev–Trinajstić information content (AvgIpc) is 2.75. The molecule has 1 heterocycles. The van der Waals surface area contributed by atoms with Crippen LogP contribution in [0.15, 0.2) is 24.5 Å². The van der Waals surface area contributed by atoms with Gasteiger partial charge in [0.05, 0.1) is 17.4 Å². The highest BCUT2D eigenvalue weighted by molar-refractivity contribution is 5.76. The van der Waals surface area contributed by atoms with E-state index in [2.05, 4.69) is 60.8 Å². The Morgan fingerprint density at radius 1 is 1.26 bits per heavy atom. The summed E-state index contributed by atoms with van der Waals surface area (Å²) in [5.74, 6) is 0. The van der Waals surface area contributed by atoms with Crippen molar-refractivity contribution in [3.05, 3.63) is 30.1 Å². The molecule has 0 spiro atoms. The molecule has 0 fully saturated rings. The van der Waals surface area contributed by atoms with Gasteiger partial charge in [-0.25, -0.2) is 4.98 Å². The molecule has 3 nitrogen and oxygen atoms in total. The van der Waals surface area contributed by atoms with Gasteiger partial charge in [-0.15, -0.1) is 0 Å². The zero-order chi connectivity index (χ0) is 13.9. The van der Waals surface area contributed by atoms with Gasteiger partial charge in [-0.2, -0.15) is 0 Å². The Labute approximate surface area is 116 Å². The van der Waals surface area contributed by atoms with Gasteiger partial charge in [0.15, 0.2) is 0 Å². The van der Waals surface area contributed by atoms with Crippen LogP contribution in [0.1, 0.15) is 39.7 Å². The molecule has 19 heavy (non-hydrogen) atoms. The molecule has 1 aromatic heterocycles. The fourth-order valence-electron chi connectivity index (χ4n) is 2.27. The quantitative estimate of drug-likeness (QED) is 0.834. The molecule has 0 saturated heterocycles. The van der Waals surface area contributed by atoms with Gasteiger partial charge < -0.3 is 9.88 Å². The molecular formula is C16H25N3. The highest BCUT2D eigenvalue weighted by atomic mass is 15.0. The maximum atomic E-state index is 4.46. The average molecular weight is 259 g/mol. The molecule has 2 aromatic rings. The van der Waals surface area contributed by atoms with Gasteiger partial charge >= 0.3 is 0 Å². The van der Waals surface area contributed by atoms with Crippen LogP contribution in [0.25, 0.3) is 11.0 Å². The molecule has 104 valence electrons. The lowest BCUT2D eigenvalue weighted by atomic mass is 10.1. The standard InChI is InChI=1S/C16H25N3/c1-5-19-12-17-14-11-13(8-9-15(14)19)7-6-10-18-16(2,3)4/h8-9,11-12,18H,5-7,10H2,1-4H3. The van der Waals surface area contributed by atoms with E-state index >= 15 is 0 Å². The zero-order valence-electron chi connectivity index (χ0n) is 12.5. The predicted molar refractivity (Wildman–Crippen MR) is 81.5 cm³/mol. The Balaban J connectivity index is 1.95. The van der Waals surface area contributed by atoms with Gasteiger partial charge in [-0.05, 0) is 64.8 Å². The van der Waals surface area contributed by atoms with Crippen LogP contribution in [0.5, 0.6) is 0 Å². The number of hydrogen-bond acceptors (Lipinski definition) is 2. The molecule has 2 rings (SSSR count). The van der Waals surface area contributed by atoms with Crippen LogP contribution in [-0.4, -0.2) is 21.6 Å². The molecule has 0 aliphatic heterocycles. The fraction of sp³-hybridized carbons (Fsp3) is 0.562. The van der Waals surface area contributed by atoms with Crippen LogP contribution in [-0.2, 0) is 13.0 Å². The number of benzene rings is 1. The first-order valence-corrected chi connectivity index (χ1v) is 7.18. The number of aromatic nitrogens is 2. The van der Waals surface area contributed by atoms with E-state index in [1.54, 1.807) is 0 Å². The minimum absolute atomic E-state index is 0.212. The van der Waals surface area contributed by atoms with E-state index in [0.717, 1.165) is 31.4 Å². The zero-order valence-corrected chi connectivity index (χ0v) is 12.5. The smallest absolute Gasteiger partial charge is 0.0958 e. The molecule has 0 amide bonds. The van der Waals surface area contributed by atoms with Crippen molar-refractivity contribution in [2.24, 2.45) is 0 Å². The van der Waals surface area contributed by atoms with E-state index in [9.17, 15) is 0 Å². The highest BCUT2D eigenvalue weighted by Crippen LogP contribution is 2.16. The Morgan fingerprint density at radius 3 is 2.74 bits per heavy atom. The van der Waals surface area contributed by atoms with Crippen LogP contribution < -0.4 is 5.32 Å². The summed E-state index contributed by atoms with van der Waals surface area (Å²) >= 11 is 0. The predicted octanol–water partition coefficient (Wildman–Crippen LogP) is 3.38. The van der Waals surface area contributed by atoms with Crippen molar-refractivity contribution in [3.8, 4) is 0 Å². The monoisotopic (exact) mass is 259 g/mol. The van der Waals surface area contributed by atoms with Crippen LogP contribution in [0.4, 0.5) is 0 Å². The summed E-state index contributed by atoms with van der Waals surface area (Å²) < 4.78 is 2.18. The number of aryl methyl sites for hydroxylation is 2. The number of rotatable bonds is 5. The summed E-state index contributed by atoms with van der Waals surface area (Å²) in [5.41, 5.74) is 3.94. The first kappa shape index (κ1) is 14.1. The largest absolute Gasteiger partial charge is 0.331 e. The van der Waals surface area contributed by atoms with Crippen LogP contribution in [0.3, 0.4) is 0 Å². The van der Waals surface area contributed by atoms with Crippen LogP contribution in [0, 0.1) is 0 Å². The summed E-state index contributed by atoms with van der Waals surface area (Å²) in [6.07, 6.45) is 4.20. The summed E-state index contributed by atoms with van der Waals surface area (Å²) in [4.78, 5) is 4.46. The van der Waals surface area contributed by atoms with Gasteiger partial charge in [-0.3, -0.25) is 0 Å². The lowest BCUT2D eigenvalue weighted by Gasteiger charge is -2.20. The second-order valence-corrected chi connectivity index (χ2v) is 6.13. The maximum absolute atomic E-state index is 4.46. The number of fused-ring (bicyclic) bond motifs is 1. The van der Waals surface area contributed by atoms with Gasteiger partial charge in [-0.1, -0.05) is 6.07 Å². The second-order valence-electron chi connectivity index (χ2n) is 6.13. The first-order valence-electron chi connectivity index (χ1n) is 7.18. The summed E-state index contributed by atoms with van der Waals surface area (Å²) in [7, 11) is 0. The van der Waals surface area contributed by atoms with E-state index in [-0.39, 0.29) is 5.54 Å². The topological polar surface area (TPSA) is 29.9 Å². The molecule has 0 atom stereocenters. The maximum Gasteiger partial charge on any atom is 0.0958 e. The first-order chi connectivity index (χ1) is 8.99. The van der Waals surface area contributed by atoms with Crippen molar-refractivity contribution in [2.45, 2.75) is 52.6 Å². The van der Waals surface area contributed by atoms with E-state index < -0.39 is 0 Å². The van der Waals surface area contributed by atoms with Crippen molar-refractivity contribution in [3.63, 3.8) is 0 Å². The Bertz CT molecular complexity index is 534. The Hall–Kier alpha value is -1.35. The van der Waals surface area contributed by atoms with Gasteiger partial charge in [0, 0.05) is 12.1 Å². The van der Waals surface area contributed by atoms with Gasteiger partial charge in [0.1, 0.15) is 0 Å². The summed E-state index contributed by atoms with van der Waals surface area (Å²) in [6, 6.07) is 6.64. The Morgan fingerprint density at radius 2 is 2.05 bits per heavy atom. The van der Waals surface area contributed by atoms with Crippen molar-refractivity contribution in [1.82, 2.24) is 14.9 Å². The second kappa shape index (κ2) is 5.74. The minimum Gasteiger partial charge on any atom is -0.331 e. The van der Waals surface area contributed by atoms with E-state index in [4.69, 9.17) is 0 Å². The van der Waals surface area contributed by atoms with Crippen LogP contribution in [0.2, 0.25) is 0 Å². The normalized spacial score (nSPS) is 12.2. The molecule has 0 saturated carbocycles. The molecular weight excluding hydrogens is 234 g/mol. The Kier molecular flexibility index (Phi) is 4.25. The number of nitrogens with zero attached hydrogens (tertiary/aromatic N) is 2. The highest BCUT2D eigenvalue weighted by Gasteiger charge is 2.07. The number of hydrogen-bond donors (Lipinski definition) is 1. The van der Waals surface area contributed by atoms with Gasteiger partial charge in [0.25, 0.3) is 0 Å². The van der Waals surface area contributed by atoms with Crippen molar-refractivity contribution >= 4 is 11.0 Å². The molecule has 0 radical (unpaired) electrons. The van der Waals surface area contributed by atoms with Crippen molar-refractivity contribution in [2.75, 3.05) is 6.54 Å². The van der Waals surface area contributed by atoms with Crippen molar-refractivity contribution in [1.29, 1.82) is 0 Å². The summed E-state index contributed by atoms with van der Waals surface area (Å²) in [6.45, 7) is 10.8. The lowest BCUT2D eigenvalue weighted by molar-refractivity contribution is 0.422. The fourth-order valence-corrected chi connectivity index (χ4v) is 2.27. The third-order valence-electron chi connectivity index (χ3n) is 3.32. The molecule has 0 unspecified atom stereocenters. The molecule has 3 heteroatoms. The van der Waals surface area contributed by atoms with E-state index in [1.165, 1.54) is 11.1 Å². The number of nitrogens with one attached hydrogen (secondary N) is 1. The van der Waals surface area contributed by atoms with Crippen LogP contribution >= 0.6 is 0 Å². The third-order valence-corrected chi connectivity index (χ3v) is 3.32. The van der Waals surface area contributed by atoms with E-state index in [0.29, 0.717) is 0 Å². The molecule has 1 N–H and O–H groups in total. The summed E-state index contributed by atoms with van der Waals surface area (Å²) in [5, 5.41) is 3.52. The third kappa shape index (κ3) is 3.80. The molecule has 1 aromatic carbocycles. The SMILES string of the molecule is CCn1cnc2cc(CCCNC(C)(C)C)ccc21. The van der Waals surface area contributed by atoms with E-state index in [1.807, 2.05) is 6.33 Å². The molecule has 0 bridgehead atoms. The number of imidazole rings is 1. The van der Waals surface area contributed by atoms with Gasteiger partial charge in [0.2, 0.25) is 0 Å². The van der Waals surface area contributed by atoms with Crippen molar-refractivity contribution < 1.29 is 0 Å². The molecule has 0 aliphatic carbocycles. The minimum atomic E-state index is 0.212. The molecule has 0 aliphatic rings.